The normalized spacial score (nSPS) is 20.2. The molecule has 1 aliphatic heterocycles. The predicted octanol–water partition coefficient (Wildman–Crippen LogP) is 6.26. The van der Waals surface area contributed by atoms with Crippen molar-refractivity contribution in [3.63, 3.8) is 0 Å². The molecule has 0 saturated heterocycles. The molecule has 0 aromatic heterocycles. The Morgan fingerprint density at radius 3 is 2.08 bits per heavy atom. The van der Waals surface area contributed by atoms with Gasteiger partial charge in [-0.25, -0.2) is 5.01 Å². The molecule has 0 radical (unpaired) electrons. The number of nitrogens with zero attached hydrogens (tertiary/aromatic N) is 4. The summed E-state index contributed by atoms with van der Waals surface area (Å²) in [7, 11) is 8.19. The van der Waals surface area contributed by atoms with E-state index in [9.17, 15) is 4.79 Å². The lowest BCUT2D eigenvalue weighted by Gasteiger charge is -2.30. The van der Waals surface area contributed by atoms with Gasteiger partial charge in [0.1, 0.15) is 0 Å². The molecule has 184 valence electrons. The van der Waals surface area contributed by atoms with E-state index in [0.717, 1.165) is 36.2 Å². The van der Waals surface area contributed by atoms with Gasteiger partial charge in [-0.1, -0.05) is 42.5 Å². The second-order valence-electron chi connectivity index (χ2n) is 10.1. The van der Waals surface area contributed by atoms with Crippen LogP contribution in [0.3, 0.4) is 0 Å². The Hall–Kier alpha value is -3.86. The molecule has 5 rings (SSSR count). The van der Waals surface area contributed by atoms with Gasteiger partial charge in [0.15, 0.2) is 0 Å². The van der Waals surface area contributed by atoms with Crippen LogP contribution in [0.15, 0.2) is 89.5 Å². The standard InChI is InChI=1S/C31H34N4O/c1-33(2)26-17-13-22(14-18-26)21-25-11-8-12-28-29(25)32-35(31(36)24-9-6-5-7-10-24)30(28)23-15-19-27(20-16-23)34(3)4/h5-7,9-10,13-21,28,30H,8,11-12H2,1-4H3/b25-21+. The number of anilines is 2. The van der Waals surface area contributed by atoms with Gasteiger partial charge in [-0.3, -0.25) is 4.79 Å². The third-order valence-corrected chi connectivity index (χ3v) is 7.23. The van der Waals surface area contributed by atoms with Gasteiger partial charge in [0, 0.05) is 51.0 Å². The Bertz CT molecular complexity index is 1270. The average Bonchev–Trinajstić information content (AvgIpc) is 3.30. The summed E-state index contributed by atoms with van der Waals surface area (Å²) in [4.78, 5) is 17.9. The Labute approximate surface area is 214 Å². The molecule has 5 nitrogen and oxygen atoms in total. The maximum atomic E-state index is 13.7. The molecular formula is C31H34N4O. The number of carbonyl (C=O) groups is 1. The molecule has 2 atom stereocenters. The highest BCUT2D eigenvalue weighted by atomic mass is 16.2. The van der Waals surface area contributed by atoms with Crippen LogP contribution in [0.25, 0.3) is 6.08 Å². The van der Waals surface area contributed by atoms with Crippen molar-refractivity contribution in [3.8, 4) is 0 Å². The third kappa shape index (κ3) is 4.66. The number of carbonyl (C=O) groups excluding carboxylic acids is 1. The van der Waals surface area contributed by atoms with Gasteiger partial charge in [-0.05, 0) is 78.4 Å². The fourth-order valence-corrected chi connectivity index (χ4v) is 5.25. The molecular weight excluding hydrogens is 444 g/mol. The predicted molar refractivity (Wildman–Crippen MR) is 150 cm³/mol. The maximum absolute atomic E-state index is 13.7. The van der Waals surface area contributed by atoms with E-state index in [4.69, 9.17) is 5.10 Å². The van der Waals surface area contributed by atoms with E-state index in [1.54, 1.807) is 5.01 Å². The van der Waals surface area contributed by atoms with Gasteiger partial charge in [-0.15, -0.1) is 0 Å². The Morgan fingerprint density at radius 2 is 1.47 bits per heavy atom. The molecule has 0 N–H and O–H groups in total. The van der Waals surface area contributed by atoms with Crippen LogP contribution < -0.4 is 9.80 Å². The Kier molecular flexibility index (Phi) is 6.64. The third-order valence-electron chi connectivity index (χ3n) is 7.23. The first-order valence-corrected chi connectivity index (χ1v) is 12.6. The Morgan fingerprint density at radius 1 is 0.861 bits per heavy atom. The van der Waals surface area contributed by atoms with E-state index in [2.05, 4.69) is 78.5 Å². The summed E-state index contributed by atoms with van der Waals surface area (Å²) < 4.78 is 0. The molecule has 1 fully saturated rings. The first-order valence-electron chi connectivity index (χ1n) is 12.6. The number of benzene rings is 3. The van der Waals surface area contributed by atoms with Crippen LogP contribution in [0.5, 0.6) is 0 Å². The molecule has 3 aromatic rings. The van der Waals surface area contributed by atoms with Crippen LogP contribution in [-0.4, -0.2) is 44.8 Å². The lowest BCUT2D eigenvalue weighted by Crippen LogP contribution is -2.32. The van der Waals surface area contributed by atoms with Crippen molar-refractivity contribution < 1.29 is 4.79 Å². The summed E-state index contributed by atoms with van der Waals surface area (Å²) in [6.45, 7) is 0. The number of amides is 1. The average molecular weight is 479 g/mol. The SMILES string of the molecule is CN(C)c1ccc(/C=C2\CCCC3C2=NN(C(=O)c2ccccc2)C3c2ccc(N(C)C)cc2)cc1. The zero-order chi connectivity index (χ0) is 25.2. The second-order valence-corrected chi connectivity index (χ2v) is 10.1. The van der Waals surface area contributed by atoms with Crippen LogP contribution in [0, 0.1) is 5.92 Å². The number of fused-ring (bicyclic) bond motifs is 1. The largest absolute Gasteiger partial charge is 0.378 e. The minimum Gasteiger partial charge on any atom is -0.378 e. The van der Waals surface area contributed by atoms with Crippen LogP contribution in [0.4, 0.5) is 11.4 Å². The quantitative estimate of drug-likeness (QED) is 0.435. The van der Waals surface area contributed by atoms with Crippen molar-refractivity contribution >= 4 is 29.1 Å². The van der Waals surface area contributed by atoms with Crippen molar-refractivity contribution in [1.29, 1.82) is 0 Å². The van der Waals surface area contributed by atoms with Gasteiger partial charge >= 0.3 is 0 Å². The molecule has 36 heavy (non-hydrogen) atoms. The summed E-state index contributed by atoms with van der Waals surface area (Å²) in [5.74, 6) is 0.137. The summed E-state index contributed by atoms with van der Waals surface area (Å²) in [5, 5.41) is 6.78. The van der Waals surface area contributed by atoms with Crippen molar-refractivity contribution in [2.24, 2.45) is 11.0 Å². The topological polar surface area (TPSA) is 39.1 Å². The summed E-state index contributed by atoms with van der Waals surface area (Å²) in [6.07, 6.45) is 5.34. The molecule has 0 bridgehead atoms. The summed E-state index contributed by atoms with van der Waals surface area (Å²) in [6, 6.07) is 26.6. The van der Waals surface area contributed by atoms with Gasteiger partial charge in [-0.2, -0.15) is 5.10 Å². The van der Waals surface area contributed by atoms with E-state index in [-0.39, 0.29) is 17.9 Å². The van der Waals surface area contributed by atoms with E-state index in [0.29, 0.717) is 5.56 Å². The van der Waals surface area contributed by atoms with Crippen molar-refractivity contribution in [2.75, 3.05) is 38.0 Å². The van der Waals surface area contributed by atoms with E-state index in [1.807, 2.05) is 44.4 Å². The van der Waals surface area contributed by atoms with Crippen LogP contribution in [0.2, 0.25) is 0 Å². The summed E-state index contributed by atoms with van der Waals surface area (Å²) >= 11 is 0. The zero-order valence-corrected chi connectivity index (χ0v) is 21.6. The highest BCUT2D eigenvalue weighted by Crippen LogP contribution is 2.45. The van der Waals surface area contributed by atoms with E-state index >= 15 is 0 Å². The number of hydrazone groups is 1. The Balaban J connectivity index is 1.54. The molecule has 1 amide bonds. The molecule has 1 heterocycles. The maximum Gasteiger partial charge on any atom is 0.274 e. The van der Waals surface area contributed by atoms with Gasteiger partial charge in [0.2, 0.25) is 0 Å². The van der Waals surface area contributed by atoms with Crippen LogP contribution in [0.1, 0.15) is 46.8 Å². The smallest absolute Gasteiger partial charge is 0.274 e. The fourth-order valence-electron chi connectivity index (χ4n) is 5.25. The first-order chi connectivity index (χ1) is 17.4. The highest BCUT2D eigenvalue weighted by molar-refractivity contribution is 6.09. The van der Waals surface area contributed by atoms with Crippen LogP contribution >= 0.6 is 0 Å². The number of allylic oxidation sites excluding steroid dienone is 1. The number of hydrogen-bond acceptors (Lipinski definition) is 4. The second kappa shape index (κ2) is 10.0. The molecule has 2 unspecified atom stereocenters. The molecule has 5 heteroatoms. The first kappa shape index (κ1) is 23.9. The van der Waals surface area contributed by atoms with Crippen molar-refractivity contribution in [1.82, 2.24) is 5.01 Å². The monoisotopic (exact) mass is 478 g/mol. The van der Waals surface area contributed by atoms with Gasteiger partial charge < -0.3 is 9.80 Å². The van der Waals surface area contributed by atoms with E-state index in [1.165, 1.54) is 16.8 Å². The molecule has 0 spiro atoms. The minimum absolute atomic E-state index is 0.0473. The zero-order valence-electron chi connectivity index (χ0n) is 21.6. The van der Waals surface area contributed by atoms with Crippen molar-refractivity contribution in [3.05, 3.63) is 101 Å². The van der Waals surface area contributed by atoms with Crippen molar-refractivity contribution in [2.45, 2.75) is 25.3 Å². The fraction of sp³-hybridized carbons (Fsp3) is 0.290. The minimum atomic E-state index is -0.108. The van der Waals surface area contributed by atoms with Gasteiger partial charge in [0.25, 0.3) is 5.91 Å². The number of rotatable bonds is 5. The van der Waals surface area contributed by atoms with Gasteiger partial charge in [0.05, 0.1) is 11.8 Å². The highest BCUT2D eigenvalue weighted by Gasteiger charge is 2.43. The van der Waals surface area contributed by atoms with E-state index < -0.39 is 0 Å². The molecule has 3 aromatic carbocycles. The lowest BCUT2D eigenvalue weighted by molar-refractivity contribution is 0.0681. The molecule has 1 saturated carbocycles. The number of hydrogen-bond donors (Lipinski definition) is 0. The molecule has 2 aliphatic rings. The lowest BCUT2D eigenvalue weighted by atomic mass is 9.77. The summed E-state index contributed by atoms with van der Waals surface area (Å²) in [5.41, 5.74) is 7.58. The molecule has 1 aliphatic carbocycles. The van der Waals surface area contributed by atoms with Crippen LogP contribution in [-0.2, 0) is 0 Å².